The maximum atomic E-state index is 12.4. The third-order valence-electron chi connectivity index (χ3n) is 6.37. The number of piperidine rings is 2. The molecule has 0 bridgehead atoms. The predicted molar refractivity (Wildman–Crippen MR) is 103 cm³/mol. The zero-order chi connectivity index (χ0) is 18.1. The van der Waals surface area contributed by atoms with E-state index in [9.17, 15) is 4.79 Å². The fraction of sp³-hybridized carbons (Fsp3) is 0.762. The quantitative estimate of drug-likeness (QED) is 0.812. The van der Waals surface area contributed by atoms with Crippen molar-refractivity contribution < 1.29 is 4.79 Å². The van der Waals surface area contributed by atoms with Crippen LogP contribution in [0.5, 0.6) is 0 Å². The fourth-order valence-corrected chi connectivity index (χ4v) is 4.81. The van der Waals surface area contributed by atoms with Crippen LogP contribution in [0.1, 0.15) is 63.3 Å². The van der Waals surface area contributed by atoms with Crippen LogP contribution in [0.3, 0.4) is 0 Å². The first-order chi connectivity index (χ1) is 12.6. The Hall–Kier alpha value is -1.65. The topological polar surface area (TPSA) is 49.3 Å². The van der Waals surface area contributed by atoms with Crippen LogP contribution in [-0.2, 0) is 11.2 Å². The summed E-state index contributed by atoms with van der Waals surface area (Å²) in [5.74, 6) is 3.15. The minimum atomic E-state index is 0.253. The third kappa shape index (κ3) is 3.72. The van der Waals surface area contributed by atoms with E-state index >= 15 is 0 Å². The lowest BCUT2D eigenvalue weighted by atomic mass is 9.73. The monoisotopic (exact) mass is 356 g/mol. The Balaban J connectivity index is 1.53. The maximum absolute atomic E-state index is 12.4. The zero-order valence-electron chi connectivity index (χ0n) is 16.3. The lowest BCUT2D eigenvalue weighted by molar-refractivity contribution is -0.138. The summed E-state index contributed by atoms with van der Waals surface area (Å²) in [6.45, 7) is 8.25. The van der Waals surface area contributed by atoms with Gasteiger partial charge in [-0.1, -0.05) is 13.3 Å². The Morgan fingerprint density at radius 3 is 2.88 bits per heavy atom. The highest BCUT2D eigenvalue weighted by Gasteiger charge is 2.43. The lowest BCUT2D eigenvalue weighted by Crippen LogP contribution is -2.54. The van der Waals surface area contributed by atoms with Crippen LogP contribution in [0.2, 0.25) is 0 Å². The van der Waals surface area contributed by atoms with Crippen molar-refractivity contribution in [3.8, 4) is 0 Å². The number of anilines is 1. The van der Waals surface area contributed by atoms with E-state index in [2.05, 4.69) is 21.7 Å². The van der Waals surface area contributed by atoms with Gasteiger partial charge in [0.15, 0.2) is 0 Å². The molecule has 2 aliphatic heterocycles. The molecule has 1 aromatic rings. The molecule has 4 rings (SSSR count). The second-order valence-electron chi connectivity index (χ2n) is 8.76. The summed E-state index contributed by atoms with van der Waals surface area (Å²) in [6.07, 6.45) is 11.0. The minimum Gasteiger partial charge on any atom is -0.356 e. The van der Waals surface area contributed by atoms with E-state index in [1.54, 1.807) is 0 Å². The molecular formula is C21H32N4O. The number of hydrogen-bond acceptors (Lipinski definition) is 4. The SMILES string of the molecule is CCCc1cnc(C)nc1N1CCCC2(CCC(=O)N(CC3CC3)C2)C1. The van der Waals surface area contributed by atoms with Crippen LogP contribution in [0.25, 0.3) is 0 Å². The number of aromatic nitrogens is 2. The highest BCUT2D eigenvalue weighted by Crippen LogP contribution is 2.42. The van der Waals surface area contributed by atoms with Crippen LogP contribution in [-0.4, -0.2) is 47.0 Å². The molecule has 0 radical (unpaired) electrons. The van der Waals surface area contributed by atoms with Crippen molar-refractivity contribution in [3.05, 3.63) is 17.6 Å². The molecule has 5 nitrogen and oxygen atoms in total. The van der Waals surface area contributed by atoms with E-state index < -0.39 is 0 Å². The van der Waals surface area contributed by atoms with E-state index in [1.165, 1.54) is 31.2 Å². The average Bonchev–Trinajstić information content (AvgIpc) is 3.44. The summed E-state index contributed by atoms with van der Waals surface area (Å²) >= 11 is 0. The Bertz CT molecular complexity index is 672. The highest BCUT2D eigenvalue weighted by molar-refractivity contribution is 5.77. The maximum Gasteiger partial charge on any atom is 0.222 e. The van der Waals surface area contributed by atoms with Gasteiger partial charge in [-0.15, -0.1) is 0 Å². The van der Waals surface area contributed by atoms with Gasteiger partial charge in [0.1, 0.15) is 11.6 Å². The van der Waals surface area contributed by atoms with E-state index in [4.69, 9.17) is 4.98 Å². The van der Waals surface area contributed by atoms with Gasteiger partial charge in [-0.3, -0.25) is 4.79 Å². The molecule has 3 fully saturated rings. The molecule has 5 heteroatoms. The first-order valence-electron chi connectivity index (χ1n) is 10.4. The van der Waals surface area contributed by atoms with Crippen LogP contribution >= 0.6 is 0 Å². The second kappa shape index (κ2) is 7.16. The Morgan fingerprint density at radius 1 is 1.27 bits per heavy atom. The van der Waals surface area contributed by atoms with Crippen molar-refractivity contribution >= 4 is 11.7 Å². The van der Waals surface area contributed by atoms with Gasteiger partial charge in [0.2, 0.25) is 5.91 Å². The molecule has 1 spiro atoms. The van der Waals surface area contributed by atoms with Gasteiger partial charge in [-0.25, -0.2) is 9.97 Å². The Morgan fingerprint density at radius 2 is 2.12 bits per heavy atom. The number of likely N-dealkylation sites (tertiary alicyclic amines) is 1. The molecule has 3 aliphatic rings. The number of amides is 1. The molecule has 26 heavy (non-hydrogen) atoms. The number of aryl methyl sites for hydroxylation is 2. The van der Waals surface area contributed by atoms with Crippen LogP contribution in [0, 0.1) is 18.3 Å². The Labute approximate surface area is 157 Å². The van der Waals surface area contributed by atoms with Crippen molar-refractivity contribution in [2.45, 2.75) is 65.2 Å². The fourth-order valence-electron chi connectivity index (χ4n) is 4.81. The molecule has 2 saturated heterocycles. The van der Waals surface area contributed by atoms with E-state index in [0.29, 0.717) is 5.91 Å². The number of rotatable bonds is 5. The molecule has 1 atom stereocenters. The first kappa shape index (κ1) is 17.7. The molecule has 1 amide bonds. The van der Waals surface area contributed by atoms with Gasteiger partial charge in [0.25, 0.3) is 0 Å². The molecule has 3 heterocycles. The van der Waals surface area contributed by atoms with Gasteiger partial charge < -0.3 is 9.80 Å². The van der Waals surface area contributed by atoms with Gasteiger partial charge in [0, 0.05) is 49.8 Å². The third-order valence-corrected chi connectivity index (χ3v) is 6.37. The molecule has 1 saturated carbocycles. The summed E-state index contributed by atoms with van der Waals surface area (Å²) < 4.78 is 0. The molecule has 142 valence electrons. The van der Waals surface area contributed by atoms with Gasteiger partial charge >= 0.3 is 0 Å². The predicted octanol–water partition coefficient (Wildman–Crippen LogP) is 3.36. The van der Waals surface area contributed by atoms with Crippen molar-refractivity contribution in [1.82, 2.24) is 14.9 Å². The Kier molecular flexibility index (Phi) is 4.89. The van der Waals surface area contributed by atoms with Crippen molar-refractivity contribution in [1.29, 1.82) is 0 Å². The lowest BCUT2D eigenvalue weighted by Gasteiger charge is -2.49. The molecule has 1 unspecified atom stereocenters. The standard InChI is InChI=1S/C21H32N4O/c1-3-5-18-12-22-16(2)23-20(18)24-11-4-9-21(14-24)10-8-19(26)25(15-21)13-17-6-7-17/h12,17H,3-11,13-15H2,1-2H3. The van der Waals surface area contributed by atoms with Gasteiger partial charge in [-0.2, -0.15) is 0 Å². The molecule has 0 N–H and O–H groups in total. The normalized spacial score (nSPS) is 26.6. The molecule has 1 aromatic heterocycles. The smallest absolute Gasteiger partial charge is 0.222 e. The average molecular weight is 357 g/mol. The summed E-state index contributed by atoms with van der Waals surface area (Å²) in [6, 6.07) is 0. The van der Waals surface area contributed by atoms with E-state index in [0.717, 1.165) is 69.4 Å². The van der Waals surface area contributed by atoms with Crippen molar-refractivity contribution in [3.63, 3.8) is 0 Å². The molecule has 0 aromatic carbocycles. The number of nitrogens with zero attached hydrogens (tertiary/aromatic N) is 4. The largest absolute Gasteiger partial charge is 0.356 e. The second-order valence-corrected chi connectivity index (χ2v) is 8.76. The first-order valence-corrected chi connectivity index (χ1v) is 10.4. The van der Waals surface area contributed by atoms with E-state index in [1.807, 2.05) is 13.1 Å². The van der Waals surface area contributed by atoms with E-state index in [-0.39, 0.29) is 5.41 Å². The summed E-state index contributed by atoms with van der Waals surface area (Å²) in [5, 5.41) is 0. The zero-order valence-corrected chi connectivity index (χ0v) is 16.3. The summed E-state index contributed by atoms with van der Waals surface area (Å²) in [5.41, 5.74) is 1.53. The van der Waals surface area contributed by atoms with Crippen LogP contribution in [0.15, 0.2) is 6.20 Å². The van der Waals surface area contributed by atoms with Crippen LogP contribution in [0.4, 0.5) is 5.82 Å². The number of carbonyl (C=O) groups is 1. The van der Waals surface area contributed by atoms with Crippen molar-refractivity contribution in [2.75, 3.05) is 31.1 Å². The minimum absolute atomic E-state index is 0.253. The van der Waals surface area contributed by atoms with Crippen LogP contribution < -0.4 is 4.90 Å². The summed E-state index contributed by atoms with van der Waals surface area (Å²) in [7, 11) is 0. The van der Waals surface area contributed by atoms with Crippen molar-refractivity contribution in [2.24, 2.45) is 11.3 Å². The van der Waals surface area contributed by atoms with Gasteiger partial charge in [0.05, 0.1) is 0 Å². The highest BCUT2D eigenvalue weighted by atomic mass is 16.2. The number of hydrogen-bond donors (Lipinski definition) is 0. The number of carbonyl (C=O) groups excluding carboxylic acids is 1. The molecular weight excluding hydrogens is 324 g/mol. The van der Waals surface area contributed by atoms with Gasteiger partial charge in [-0.05, 0) is 51.4 Å². The molecule has 1 aliphatic carbocycles. The summed E-state index contributed by atoms with van der Waals surface area (Å²) in [4.78, 5) is 26.3.